The molecule has 0 aliphatic rings. The molecule has 0 amide bonds. The fourth-order valence-corrected chi connectivity index (χ4v) is 2.79. The number of ether oxygens (including phenoxy) is 2. The molecular formula is C15H16N2O6S. The number of nitro groups is 1. The van der Waals surface area contributed by atoms with Crippen molar-refractivity contribution >= 4 is 21.4 Å². The molecule has 0 spiro atoms. The summed E-state index contributed by atoms with van der Waals surface area (Å²) in [6, 6.07) is 12.5. The molecule has 2 aromatic rings. The van der Waals surface area contributed by atoms with Crippen LogP contribution in [0.3, 0.4) is 0 Å². The molecule has 0 saturated carbocycles. The number of rotatable bonds is 8. The Bertz CT molecular complexity index is 808. The van der Waals surface area contributed by atoms with E-state index in [0.717, 1.165) is 6.07 Å². The van der Waals surface area contributed by atoms with E-state index >= 15 is 0 Å². The number of para-hydroxylation sites is 1. The van der Waals surface area contributed by atoms with Crippen LogP contribution < -0.4 is 14.2 Å². The minimum absolute atomic E-state index is 0.00594. The number of non-ortho nitro benzene ring substituents is 1. The molecule has 8 nitrogen and oxygen atoms in total. The second-order valence-electron chi connectivity index (χ2n) is 4.72. The molecular weight excluding hydrogens is 336 g/mol. The van der Waals surface area contributed by atoms with Gasteiger partial charge >= 0.3 is 0 Å². The van der Waals surface area contributed by atoms with Crippen molar-refractivity contribution in [3.8, 4) is 11.5 Å². The van der Waals surface area contributed by atoms with Gasteiger partial charge < -0.3 is 9.47 Å². The van der Waals surface area contributed by atoms with Gasteiger partial charge in [0.25, 0.3) is 5.69 Å². The van der Waals surface area contributed by atoms with Gasteiger partial charge in [-0.25, -0.2) is 8.42 Å². The van der Waals surface area contributed by atoms with Gasteiger partial charge in [-0.15, -0.1) is 0 Å². The Hall–Kier alpha value is -2.81. The lowest BCUT2D eigenvalue weighted by molar-refractivity contribution is -0.384. The predicted molar refractivity (Wildman–Crippen MR) is 89.0 cm³/mol. The van der Waals surface area contributed by atoms with Crippen molar-refractivity contribution in [2.75, 3.05) is 24.2 Å². The molecule has 1 N–H and O–H groups in total. The van der Waals surface area contributed by atoms with Crippen molar-refractivity contribution in [2.24, 2.45) is 0 Å². The van der Waals surface area contributed by atoms with Gasteiger partial charge in [-0.2, -0.15) is 0 Å². The van der Waals surface area contributed by atoms with Crippen LogP contribution in [0.15, 0.2) is 48.5 Å². The van der Waals surface area contributed by atoms with Gasteiger partial charge in [0.15, 0.2) is 0 Å². The van der Waals surface area contributed by atoms with Gasteiger partial charge in [0.05, 0.1) is 17.7 Å². The van der Waals surface area contributed by atoms with Gasteiger partial charge in [0.1, 0.15) is 23.9 Å². The normalized spacial score (nSPS) is 10.9. The molecule has 24 heavy (non-hydrogen) atoms. The third-order valence-corrected chi connectivity index (χ3v) is 4.26. The molecule has 0 atom stereocenters. The van der Waals surface area contributed by atoms with E-state index in [-0.39, 0.29) is 29.5 Å². The number of nitrogens with one attached hydrogen (secondary N) is 1. The summed E-state index contributed by atoms with van der Waals surface area (Å²) in [6.45, 7) is -0.0589. The van der Waals surface area contributed by atoms with Crippen LogP contribution in [-0.4, -0.2) is 32.8 Å². The van der Waals surface area contributed by atoms with Gasteiger partial charge in [0, 0.05) is 12.1 Å². The summed E-state index contributed by atoms with van der Waals surface area (Å²) in [6.07, 6.45) is 0. The Kier molecular flexibility index (Phi) is 5.59. The van der Waals surface area contributed by atoms with Crippen molar-refractivity contribution in [2.45, 2.75) is 0 Å². The molecule has 128 valence electrons. The Balaban J connectivity index is 2.05. The first-order valence-corrected chi connectivity index (χ1v) is 8.57. The fraction of sp³-hybridized carbons (Fsp3) is 0.200. The molecule has 2 rings (SSSR count). The summed E-state index contributed by atoms with van der Waals surface area (Å²) in [5, 5.41) is 10.8. The van der Waals surface area contributed by atoms with E-state index in [9.17, 15) is 18.5 Å². The van der Waals surface area contributed by atoms with Crippen molar-refractivity contribution in [3.05, 3.63) is 58.6 Å². The zero-order valence-electron chi connectivity index (χ0n) is 12.8. The number of hydrogen-bond acceptors (Lipinski definition) is 6. The largest absolute Gasteiger partial charge is 0.495 e. The first-order valence-electron chi connectivity index (χ1n) is 6.92. The molecule has 2 aromatic carbocycles. The molecule has 0 saturated heterocycles. The SMILES string of the molecule is COc1ccc([N+](=O)[O-])cc1NS(=O)(=O)CCOc1ccccc1. The summed E-state index contributed by atoms with van der Waals surface area (Å²) in [4.78, 5) is 10.2. The highest BCUT2D eigenvalue weighted by atomic mass is 32.2. The lowest BCUT2D eigenvalue weighted by Crippen LogP contribution is -2.21. The number of nitro benzene ring substituents is 1. The van der Waals surface area contributed by atoms with E-state index in [1.165, 1.54) is 19.2 Å². The lowest BCUT2D eigenvalue weighted by Gasteiger charge is -2.12. The highest BCUT2D eigenvalue weighted by Gasteiger charge is 2.17. The Labute approximate surface area is 139 Å². The van der Waals surface area contributed by atoms with Crippen LogP contribution in [0.2, 0.25) is 0 Å². The molecule has 0 aromatic heterocycles. The number of sulfonamides is 1. The average Bonchev–Trinajstić information content (AvgIpc) is 2.55. The van der Waals surface area contributed by atoms with E-state index in [1.54, 1.807) is 24.3 Å². The Morgan fingerprint density at radius 3 is 2.50 bits per heavy atom. The average molecular weight is 352 g/mol. The van der Waals surface area contributed by atoms with Gasteiger partial charge in [0.2, 0.25) is 10.0 Å². The van der Waals surface area contributed by atoms with E-state index in [0.29, 0.717) is 5.75 Å². The van der Waals surface area contributed by atoms with Crippen LogP contribution in [0.4, 0.5) is 11.4 Å². The maximum Gasteiger partial charge on any atom is 0.271 e. The van der Waals surface area contributed by atoms with E-state index < -0.39 is 14.9 Å². The van der Waals surface area contributed by atoms with Gasteiger partial charge in [-0.3, -0.25) is 14.8 Å². The molecule has 9 heteroatoms. The summed E-state index contributed by atoms with van der Waals surface area (Å²) in [5.41, 5.74) is -0.236. The molecule has 0 heterocycles. The summed E-state index contributed by atoms with van der Waals surface area (Å²) >= 11 is 0. The van der Waals surface area contributed by atoms with Crippen LogP contribution >= 0.6 is 0 Å². The summed E-state index contributed by atoms with van der Waals surface area (Å²) < 4.78 is 36.9. The topological polar surface area (TPSA) is 108 Å². The number of methoxy groups -OCH3 is 1. The smallest absolute Gasteiger partial charge is 0.271 e. The third-order valence-electron chi connectivity index (χ3n) is 3.02. The van der Waals surface area contributed by atoms with Crippen molar-refractivity contribution < 1.29 is 22.8 Å². The van der Waals surface area contributed by atoms with Crippen LogP contribution in [0.5, 0.6) is 11.5 Å². The maximum atomic E-state index is 12.1. The zero-order valence-corrected chi connectivity index (χ0v) is 13.7. The third kappa shape index (κ3) is 4.85. The summed E-state index contributed by atoms with van der Waals surface area (Å²) in [7, 11) is -2.41. The molecule has 0 bridgehead atoms. The van der Waals surface area contributed by atoms with Crippen molar-refractivity contribution in [3.63, 3.8) is 0 Å². The van der Waals surface area contributed by atoms with Crippen molar-refractivity contribution in [1.29, 1.82) is 0 Å². The second-order valence-corrected chi connectivity index (χ2v) is 6.57. The Morgan fingerprint density at radius 1 is 1.17 bits per heavy atom. The van der Waals surface area contributed by atoms with Gasteiger partial charge in [-0.05, 0) is 18.2 Å². The first-order chi connectivity index (χ1) is 11.4. The van der Waals surface area contributed by atoms with E-state index in [4.69, 9.17) is 9.47 Å². The lowest BCUT2D eigenvalue weighted by atomic mass is 10.2. The minimum atomic E-state index is -3.76. The predicted octanol–water partition coefficient (Wildman–Crippen LogP) is 2.42. The van der Waals surface area contributed by atoms with Crippen LogP contribution in [-0.2, 0) is 10.0 Å². The molecule has 0 unspecified atom stereocenters. The number of hydrogen-bond donors (Lipinski definition) is 1. The molecule has 0 radical (unpaired) electrons. The fourth-order valence-electron chi connectivity index (χ4n) is 1.89. The number of benzene rings is 2. The second kappa shape index (κ2) is 7.64. The summed E-state index contributed by atoms with van der Waals surface area (Å²) in [5.74, 6) is 0.432. The zero-order chi connectivity index (χ0) is 17.6. The van der Waals surface area contributed by atoms with E-state index in [1.807, 2.05) is 6.07 Å². The monoisotopic (exact) mass is 352 g/mol. The van der Waals surface area contributed by atoms with Gasteiger partial charge in [-0.1, -0.05) is 18.2 Å². The van der Waals surface area contributed by atoms with Crippen LogP contribution in [0, 0.1) is 10.1 Å². The quantitative estimate of drug-likeness (QED) is 0.577. The van der Waals surface area contributed by atoms with Crippen LogP contribution in [0.1, 0.15) is 0 Å². The number of anilines is 1. The molecule has 0 aliphatic carbocycles. The molecule has 0 fully saturated rings. The van der Waals surface area contributed by atoms with Crippen molar-refractivity contribution in [1.82, 2.24) is 0 Å². The maximum absolute atomic E-state index is 12.1. The Morgan fingerprint density at radius 2 is 1.88 bits per heavy atom. The molecule has 0 aliphatic heterocycles. The number of nitrogens with zero attached hydrogens (tertiary/aromatic N) is 1. The van der Waals surface area contributed by atoms with E-state index in [2.05, 4.69) is 4.72 Å². The highest BCUT2D eigenvalue weighted by molar-refractivity contribution is 7.92. The van der Waals surface area contributed by atoms with Crippen LogP contribution in [0.25, 0.3) is 0 Å². The minimum Gasteiger partial charge on any atom is -0.495 e. The highest BCUT2D eigenvalue weighted by Crippen LogP contribution is 2.29. The standard InChI is InChI=1S/C15H16N2O6S/c1-22-15-8-7-12(17(18)19)11-14(15)16-24(20,21)10-9-23-13-5-3-2-4-6-13/h2-8,11,16H,9-10H2,1H3. The first kappa shape index (κ1) is 17.5.